The first kappa shape index (κ1) is 31.6. The minimum atomic E-state index is -0.464. The molecule has 4 nitrogen and oxygen atoms in total. The van der Waals surface area contributed by atoms with Gasteiger partial charge in [-0.25, -0.2) is 4.89 Å². The summed E-state index contributed by atoms with van der Waals surface area (Å²) < 4.78 is 0. The molecule has 0 radical (unpaired) electrons. The molecule has 0 aliphatic heterocycles. The SMILES string of the molecule is CC.CC.CCCCC(CCCC)c1ccc(N)cc1.CNCC(C)(C)OO. The van der Waals surface area contributed by atoms with Crippen molar-refractivity contribution in [2.45, 2.75) is 105 Å². The zero-order valence-corrected chi connectivity index (χ0v) is 20.3. The summed E-state index contributed by atoms with van der Waals surface area (Å²) in [5.41, 5.74) is 7.60. The molecule has 0 amide bonds. The Bertz CT molecular complexity index is 398. The van der Waals surface area contributed by atoms with E-state index in [0.717, 1.165) is 11.6 Å². The molecule has 0 aliphatic carbocycles. The smallest absolute Gasteiger partial charge is 0.110 e. The number of nitrogens with two attached hydrogens (primary N) is 1. The van der Waals surface area contributed by atoms with Crippen LogP contribution in [-0.2, 0) is 4.89 Å². The summed E-state index contributed by atoms with van der Waals surface area (Å²) in [6.45, 7) is 16.8. The fourth-order valence-corrected chi connectivity index (χ4v) is 2.60. The number of rotatable bonds is 10. The van der Waals surface area contributed by atoms with Gasteiger partial charge in [-0.2, -0.15) is 0 Å². The molecule has 0 aromatic heterocycles. The Labute approximate surface area is 176 Å². The van der Waals surface area contributed by atoms with Crippen LogP contribution < -0.4 is 11.1 Å². The van der Waals surface area contributed by atoms with E-state index in [0.29, 0.717) is 6.54 Å². The topological polar surface area (TPSA) is 67.5 Å². The maximum absolute atomic E-state index is 8.19. The Morgan fingerprint density at radius 2 is 1.39 bits per heavy atom. The Kier molecular flexibility index (Phi) is 25.0. The van der Waals surface area contributed by atoms with Crippen molar-refractivity contribution >= 4 is 5.69 Å². The van der Waals surface area contributed by atoms with Gasteiger partial charge in [0.25, 0.3) is 0 Å². The highest BCUT2D eigenvalue weighted by Crippen LogP contribution is 2.28. The van der Waals surface area contributed by atoms with E-state index in [-0.39, 0.29) is 0 Å². The summed E-state index contributed by atoms with van der Waals surface area (Å²) in [5.74, 6) is 0.737. The van der Waals surface area contributed by atoms with E-state index in [1.165, 1.54) is 44.1 Å². The lowest BCUT2D eigenvalue weighted by Crippen LogP contribution is -2.34. The molecule has 0 bridgehead atoms. The van der Waals surface area contributed by atoms with Gasteiger partial charge in [-0.05, 0) is 57.4 Å². The highest BCUT2D eigenvalue weighted by Gasteiger charge is 2.15. The van der Waals surface area contributed by atoms with Crippen LogP contribution in [0.4, 0.5) is 5.69 Å². The molecule has 0 fully saturated rings. The molecule has 0 saturated carbocycles. The van der Waals surface area contributed by atoms with Crippen molar-refractivity contribution in [3.8, 4) is 0 Å². The third-order valence-electron chi connectivity index (χ3n) is 4.07. The molecular weight excluding hydrogens is 348 g/mol. The monoisotopic (exact) mass is 398 g/mol. The van der Waals surface area contributed by atoms with Crippen LogP contribution in [0.5, 0.6) is 0 Å². The Balaban J connectivity index is -0.000000440. The van der Waals surface area contributed by atoms with E-state index in [1.807, 2.05) is 39.8 Å². The largest absolute Gasteiger partial charge is 0.399 e. The van der Waals surface area contributed by atoms with Crippen molar-refractivity contribution in [2.75, 3.05) is 19.3 Å². The first-order valence-corrected chi connectivity index (χ1v) is 11.2. The molecule has 28 heavy (non-hydrogen) atoms. The van der Waals surface area contributed by atoms with Gasteiger partial charge >= 0.3 is 0 Å². The van der Waals surface area contributed by atoms with Crippen molar-refractivity contribution in [3.63, 3.8) is 0 Å². The molecule has 0 atom stereocenters. The first-order chi connectivity index (χ1) is 13.4. The number of benzene rings is 1. The molecule has 0 heterocycles. The molecule has 168 valence electrons. The van der Waals surface area contributed by atoms with E-state index in [2.05, 4.69) is 36.2 Å². The molecule has 1 aromatic rings. The zero-order valence-electron chi connectivity index (χ0n) is 20.3. The molecule has 0 saturated heterocycles. The highest BCUT2D eigenvalue weighted by molar-refractivity contribution is 5.40. The molecule has 0 unspecified atom stereocenters. The summed E-state index contributed by atoms with van der Waals surface area (Å²) in [7, 11) is 1.81. The lowest BCUT2D eigenvalue weighted by atomic mass is 9.89. The van der Waals surface area contributed by atoms with Crippen LogP contribution in [0.2, 0.25) is 0 Å². The van der Waals surface area contributed by atoms with E-state index in [4.69, 9.17) is 11.0 Å². The van der Waals surface area contributed by atoms with Gasteiger partial charge in [-0.15, -0.1) is 0 Å². The number of nitrogens with one attached hydrogen (secondary N) is 1. The van der Waals surface area contributed by atoms with Crippen LogP contribution in [0.25, 0.3) is 0 Å². The van der Waals surface area contributed by atoms with E-state index < -0.39 is 5.60 Å². The van der Waals surface area contributed by atoms with Crippen molar-refractivity contribution in [3.05, 3.63) is 29.8 Å². The maximum atomic E-state index is 8.19. The van der Waals surface area contributed by atoms with Crippen LogP contribution in [0.15, 0.2) is 24.3 Å². The first-order valence-electron chi connectivity index (χ1n) is 11.2. The fraction of sp³-hybridized carbons (Fsp3) is 0.750. The van der Waals surface area contributed by atoms with E-state index in [9.17, 15) is 0 Å². The minimum Gasteiger partial charge on any atom is -0.399 e. The minimum absolute atomic E-state index is 0.464. The van der Waals surface area contributed by atoms with Gasteiger partial charge in [0.1, 0.15) is 5.60 Å². The molecule has 0 spiro atoms. The second-order valence-corrected chi connectivity index (χ2v) is 7.03. The third-order valence-corrected chi connectivity index (χ3v) is 4.07. The van der Waals surface area contributed by atoms with Gasteiger partial charge in [0, 0.05) is 12.2 Å². The van der Waals surface area contributed by atoms with Crippen molar-refractivity contribution in [1.29, 1.82) is 0 Å². The van der Waals surface area contributed by atoms with Gasteiger partial charge < -0.3 is 11.1 Å². The van der Waals surface area contributed by atoms with Gasteiger partial charge in [-0.3, -0.25) is 5.26 Å². The predicted octanol–water partition coefficient (Wildman–Crippen LogP) is 7.26. The molecule has 0 aliphatic rings. The third kappa shape index (κ3) is 18.3. The fourth-order valence-electron chi connectivity index (χ4n) is 2.60. The van der Waals surface area contributed by atoms with Crippen LogP contribution in [0, 0.1) is 0 Å². The van der Waals surface area contributed by atoms with E-state index >= 15 is 0 Å². The molecule has 1 rings (SSSR count). The predicted molar refractivity (Wildman–Crippen MR) is 127 cm³/mol. The van der Waals surface area contributed by atoms with Crippen LogP contribution in [-0.4, -0.2) is 24.5 Å². The summed E-state index contributed by atoms with van der Waals surface area (Å²) in [5, 5.41) is 11.1. The zero-order chi connectivity index (χ0) is 22.4. The van der Waals surface area contributed by atoms with Crippen molar-refractivity contribution < 1.29 is 10.1 Å². The Hall–Kier alpha value is -1.10. The van der Waals surface area contributed by atoms with Crippen LogP contribution in [0.1, 0.15) is 105 Å². The molecule has 4 heteroatoms. The number of unbranched alkanes of at least 4 members (excludes halogenated alkanes) is 2. The summed E-state index contributed by atoms with van der Waals surface area (Å²) in [6, 6.07) is 8.46. The van der Waals surface area contributed by atoms with Crippen molar-refractivity contribution in [2.24, 2.45) is 0 Å². The summed E-state index contributed by atoms with van der Waals surface area (Å²) in [4.78, 5) is 4.12. The van der Waals surface area contributed by atoms with Crippen LogP contribution in [0.3, 0.4) is 0 Å². The standard InChI is InChI=1S/C15H25N.C5H13NO2.2C2H6/c1-3-5-7-13(8-6-4-2)14-9-11-15(16)12-10-14;1-5(2,8-7)4-6-3;2*1-2/h9-13H,3-8,16H2,1-2H3;6-7H,4H2,1-3H3;2*1-2H3. The highest BCUT2D eigenvalue weighted by atomic mass is 17.1. The second kappa shape index (κ2) is 22.2. The van der Waals surface area contributed by atoms with Gasteiger partial charge in [0.05, 0.1) is 0 Å². The van der Waals surface area contributed by atoms with Gasteiger partial charge in [0.15, 0.2) is 0 Å². The quantitative estimate of drug-likeness (QED) is 0.220. The van der Waals surface area contributed by atoms with Gasteiger partial charge in [0.2, 0.25) is 0 Å². The number of hydrogen-bond acceptors (Lipinski definition) is 4. The number of likely N-dealkylation sites (N-methyl/N-ethyl adjacent to an activating group) is 1. The average Bonchev–Trinajstić information content (AvgIpc) is 2.72. The number of anilines is 1. The van der Waals surface area contributed by atoms with Crippen molar-refractivity contribution in [1.82, 2.24) is 5.32 Å². The average molecular weight is 399 g/mol. The number of nitrogen functional groups attached to an aromatic ring is 1. The lowest BCUT2D eigenvalue weighted by molar-refractivity contribution is -0.310. The Morgan fingerprint density at radius 1 is 0.964 bits per heavy atom. The maximum Gasteiger partial charge on any atom is 0.110 e. The summed E-state index contributed by atoms with van der Waals surface area (Å²) >= 11 is 0. The lowest BCUT2D eigenvalue weighted by Gasteiger charge is -2.18. The molecule has 4 N–H and O–H groups in total. The normalized spacial score (nSPS) is 10.1. The Morgan fingerprint density at radius 3 is 1.68 bits per heavy atom. The number of hydrogen-bond donors (Lipinski definition) is 3. The van der Waals surface area contributed by atoms with Gasteiger partial charge in [-0.1, -0.05) is 79.4 Å². The molecular formula is C24H50N2O2. The van der Waals surface area contributed by atoms with Crippen LogP contribution >= 0.6 is 0 Å². The second-order valence-electron chi connectivity index (χ2n) is 7.03. The van der Waals surface area contributed by atoms with E-state index in [1.54, 1.807) is 20.9 Å². The molecule has 1 aromatic carbocycles. The summed E-state index contributed by atoms with van der Waals surface area (Å²) in [6.07, 6.45) is 7.88.